The third kappa shape index (κ3) is 2.37. The molecule has 0 N–H and O–H groups in total. The van der Waals surface area contributed by atoms with E-state index in [0.717, 1.165) is 25.3 Å². The molecule has 0 saturated carbocycles. The summed E-state index contributed by atoms with van der Waals surface area (Å²) in [5.41, 5.74) is -0.630. The Bertz CT molecular complexity index is 163. The van der Waals surface area contributed by atoms with Crippen LogP contribution in [0.4, 0.5) is 0 Å². The van der Waals surface area contributed by atoms with Gasteiger partial charge in [-0.2, -0.15) is 0 Å². The summed E-state index contributed by atoms with van der Waals surface area (Å²) in [6.07, 6.45) is 3.08. The summed E-state index contributed by atoms with van der Waals surface area (Å²) in [5.74, 6) is 0. The van der Waals surface area contributed by atoms with E-state index < -0.39 is 14.0 Å². The van der Waals surface area contributed by atoms with Crippen LogP contribution in [-0.2, 0) is 18.3 Å². The van der Waals surface area contributed by atoms with Gasteiger partial charge in [0.15, 0.2) is 0 Å². The summed E-state index contributed by atoms with van der Waals surface area (Å²) in [4.78, 5) is 0. The highest BCUT2D eigenvalue weighted by Gasteiger charge is 2.60. The van der Waals surface area contributed by atoms with E-state index in [1.807, 2.05) is 0 Å². The highest BCUT2D eigenvalue weighted by Crippen LogP contribution is 2.40. The summed E-state index contributed by atoms with van der Waals surface area (Å²) in [6, 6.07) is 0.932. The molecule has 0 radical (unpaired) electrons. The van der Waals surface area contributed by atoms with Crippen LogP contribution in [0.2, 0.25) is 6.04 Å². The van der Waals surface area contributed by atoms with Crippen LogP contribution in [-0.4, -0.2) is 42.4 Å². The molecule has 6 heteroatoms. The molecule has 1 aliphatic rings. The first-order valence-corrected chi connectivity index (χ1v) is 6.93. The maximum atomic E-state index is 5.59. The standard InChI is InChI=1S/C9H20O4Si.ClH/c1-10-9(11-2)7-5-6-8-14(9,12-3)13-4;/h5-8H2,1-4H3;1H. The number of methoxy groups -OCH3 is 2. The summed E-state index contributed by atoms with van der Waals surface area (Å²) >= 11 is 0. The Morgan fingerprint density at radius 3 is 1.80 bits per heavy atom. The number of hydrogen-bond acceptors (Lipinski definition) is 4. The Morgan fingerprint density at radius 1 is 0.933 bits per heavy atom. The fraction of sp³-hybridized carbons (Fsp3) is 1.00. The van der Waals surface area contributed by atoms with E-state index in [-0.39, 0.29) is 12.4 Å². The van der Waals surface area contributed by atoms with Crippen LogP contribution in [0.15, 0.2) is 0 Å². The zero-order valence-corrected chi connectivity index (χ0v) is 11.7. The second-order valence-electron chi connectivity index (χ2n) is 3.53. The van der Waals surface area contributed by atoms with Gasteiger partial charge in [-0.25, -0.2) is 0 Å². The van der Waals surface area contributed by atoms with Gasteiger partial charge in [0.05, 0.1) is 0 Å². The Labute approximate surface area is 98.9 Å². The second-order valence-corrected chi connectivity index (χ2v) is 7.11. The molecule has 0 aromatic carbocycles. The van der Waals surface area contributed by atoms with E-state index in [1.54, 1.807) is 28.4 Å². The molecule has 4 nitrogen and oxygen atoms in total. The minimum atomic E-state index is -2.35. The maximum absolute atomic E-state index is 5.59. The van der Waals surface area contributed by atoms with Crippen molar-refractivity contribution >= 4 is 21.0 Å². The quantitative estimate of drug-likeness (QED) is 0.568. The van der Waals surface area contributed by atoms with Crippen LogP contribution in [0.5, 0.6) is 0 Å². The van der Waals surface area contributed by atoms with Gasteiger partial charge in [-0.3, -0.25) is 0 Å². The number of ether oxygens (including phenoxy) is 2. The monoisotopic (exact) mass is 256 g/mol. The molecule has 0 aromatic heterocycles. The summed E-state index contributed by atoms with van der Waals surface area (Å²) in [5, 5.41) is 0. The van der Waals surface area contributed by atoms with E-state index in [9.17, 15) is 0 Å². The number of hydrogen-bond donors (Lipinski definition) is 0. The van der Waals surface area contributed by atoms with Gasteiger partial charge in [0.2, 0.25) is 5.41 Å². The van der Waals surface area contributed by atoms with Crippen molar-refractivity contribution in [1.82, 2.24) is 0 Å². The Balaban J connectivity index is 0.00000196. The Kier molecular flexibility index (Phi) is 6.32. The van der Waals surface area contributed by atoms with Crippen LogP contribution in [0.3, 0.4) is 0 Å². The molecule has 1 heterocycles. The average Bonchev–Trinajstić information content (AvgIpc) is 2.28. The molecule has 15 heavy (non-hydrogen) atoms. The van der Waals surface area contributed by atoms with Crippen molar-refractivity contribution in [2.45, 2.75) is 30.7 Å². The summed E-state index contributed by atoms with van der Waals surface area (Å²) in [7, 11) is 4.34. The van der Waals surface area contributed by atoms with E-state index in [0.29, 0.717) is 0 Å². The summed E-state index contributed by atoms with van der Waals surface area (Å²) in [6.45, 7) is 0. The van der Waals surface area contributed by atoms with Crippen molar-refractivity contribution in [2.75, 3.05) is 28.4 Å². The molecular formula is C9H21ClO4Si. The fourth-order valence-corrected chi connectivity index (χ4v) is 5.77. The van der Waals surface area contributed by atoms with Crippen LogP contribution < -0.4 is 0 Å². The molecule has 1 aliphatic heterocycles. The van der Waals surface area contributed by atoms with Gasteiger partial charge in [0, 0.05) is 34.9 Å². The van der Waals surface area contributed by atoms with Crippen LogP contribution >= 0.6 is 12.4 Å². The topological polar surface area (TPSA) is 36.9 Å². The van der Waals surface area contributed by atoms with Crippen LogP contribution in [0.25, 0.3) is 0 Å². The average molecular weight is 257 g/mol. The van der Waals surface area contributed by atoms with Gasteiger partial charge in [-0.15, -0.1) is 12.4 Å². The molecule has 1 fully saturated rings. The minimum Gasteiger partial charge on any atom is -0.395 e. The molecule has 0 atom stereocenters. The Morgan fingerprint density at radius 2 is 1.47 bits per heavy atom. The number of halogens is 1. The first kappa shape index (κ1) is 15.3. The first-order chi connectivity index (χ1) is 6.70. The predicted molar refractivity (Wildman–Crippen MR) is 62.4 cm³/mol. The van der Waals surface area contributed by atoms with Gasteiger partial charge >= 0.3 is 8.56 Å². The van der Waals surface area contributed by atoms with Crippen molar-refractivity contribution in [3.63, 3.8) is 0 Å². The van der Waals surface area contributed by atoms with Gasteiger partial charge in [0.25, 0.3) is 0 Å². The summed E-state index contributed by atoms with van der Waals surface area (Å²) < 4.78 is 22.2. The molecular weight excluding hydrogens is 236 g/mol. The number of rotatable bonds is 4. The van der Waals surface area contributed by atoms with E-state index in [4.69, 9.17) is 18.3 Å². The lowest BCUT2D eigenvalue weighted by atomic mass is 10.2. The van der Waals surface area contributed by atoms with E-state index >= 15 is 0 Å². The third-order valence-corrected chi connectivity index (χ3v) is 7.31. The van der Waals surface area contributed by atoms with Crippen molar-refractivity contribution in [3.05, 3.63) is 0 Å². The van der Waals surface area contributed by atoms with Gasteiger partial charge < -0.3 is 18.3 Å². The van der Waals surface area contributed by atoms with E-state index in [2.05, 4.69) is 0 Å². The lowest BCUT2D eigenvalue weighted by Gasteiger charge is -2.46. The Hall–Kier alpha value is 0.347. The molecule has 92 valence electrons. The highest BCUT2D eigenvalue weighted by atomic mass is 35.5. The third-order valence-electron chi connectivity index (χ3n) is 3.16. The zero-order chi connectivity index (χ0) is 10.7. The highest BCUT2D eigenvalue weighted by molar-refractivity contribution is 6.70. The largest absolute Gasteiger partial charge is 0.399 e. The van der Waals surface area contributed by atoms with Gasteiger partial charge in [-0.05, 0) is 12.5 Å². The molecule has 0 unspecified atom stereocenters. The fourth-order valence-electron chi connectivity index (χ4n) is 2.29. The first-order valence-electron chi connectivity index (χ1n) is 4.91. The minimum absolute atomic E-state index is 0. The molecule has 1 rings (SSSR count). The smallest absolute Gasteiger partial charge is 0.395 e. The molecule has 0 aliphatic carbocycles. The molecule has 0 spiro atoms. The molecule has 0 bridgehead atoms. The van der Waals surface area contributed by atoms with Gasteiger partial charge in [0.1, 0.15) is 0 Å². The predicted octanol–water partition coefficient (Wildman–Crippen LogP) is 1.86. The SMILES string of the molecule is COC1(OC)CCCC[Si]1(OC)OC.Cl. The molecule has 0 amide bonds. The lowest BCUT2D eigenvalue weighted by molar-refractivity contribution is -0.183. The van der Waals surface area contributed by atoms with Crippen molar-refractivity contribution < 1.29 is 18.3 Å². The normalized spacial score (nSPS) is 23.2. The van der Waals surface area contributed by atoms with Gasteiger partial charge in [-0.1, -0.05) is 6.42 Å². The van der Waals surface area contributed by atoms with Crippen LogP contribution in [0.1, 0.15) is 19.3 Å². The maximum Gasteiger partial charge on any atom is 0.399 e. The van der Waals surface area contributed by atoms with Crippen molar-refractivity contribution in [2.24, 2.45) is 0 Å². The van der Waals surface area contributed by atoms with E-state index in [1.165, 1.54) is 0 Å². The lowest BCUT2D eigenvalue weighted by Crippen LogP contribution is -2.65. The van der Waals surface area contributed by atoms with Crippen LogP contribution in [0, 0.1) is 0 Å². The second kappa shape index (κ2) is 6.17. The van der Waals surface area contributed by atoms with Crippen molar-refractivity contribution in [1.29, 1.82) is 0 Å². The van der Waals surface area contributed by atoms with Crippen molar-refractivity contribution in [3.8, 4) is 0 Å². The molecule has 0 aromatic rings. The molecule has 1 saturated heterocycles. The zero-order valence-electron chi connectivity index (χ0n) is 9.87.